The third kappa shape index (κ3) is 3.31. The van der Waals surface area contributed by atoms with Gasteiger partial charge in [0.15, 0.2) is 5.78 Å². The van der Waals surface area contributed by atoms with E-state index in [-0.39, 0.29) is 11.0 Å². The number of para-hydroxylation sites is 1. The molecule has 1 atom stereocenters. The summed E-state index contributed by atoms with van der Waals surface area (Å²) in [5.41, 5.74) is 2.42. The number of aromatic nitrogens is 5. The van der Waals surface area contributed by atoms with Crippen LogP contribution in [0.15, 0.2) is 59.9 Å². The molecule has 0 aliphatic heterocycles. The first-order valence-electron chi connectivity index (χ1n) is 8.37. The lowest BCUT2D eigenvalue weighted by Crippen LogP contribution is -2.14. The van der Waals surface area contributed by atoms with Crippen molar-refractivity contribution in [2.75, 3.05) is 7.11 Å². The van der Waals surface area contributed by atoms with Crippen molar-refractivity contribution in [2.45, 2.75) is 17.3 Å². The molecule has 0 amide bonds. The van der Waals surface area contributed by atoms with E-state index in [0.717, 1.165) is 22.3 Å². The third-order valence-electron chi connectivity index (χ3n) is 4.26. The van der Waals surface area contributed by atoms with Crippen LogP contribution >= 0.6 is 11.8 Å². The minimum Gasteiger partial charge on any atom is -0.497 e. The fraction of sp³-hybridized carbons (Fsp3) is 0.158. The number of ether oxygens (including phenoxy) is 1. The number of methoxy groups -OCH3 is 1. The molecule has 27 heavy (non-hydrogen) atoms. The quantitative estimate of drug-likeness (QED) is 0.407. The highest BCUT2D eigenvalue weighted by atomic mass is 32.2. The molecule has 0 saturated carbocycles. The molecule has 8 heteroatoms. The molecule has 2 heterocycles. The average Bonchev–Trinajstić information content (AvgIpc) is 3.34. The van der Waals surface area contributed by atoms with Gasteiger partial charge in [0, 0.05) is 22.7 Å². The number of nitrogens with one attached hydrogen (secondary N) is 1. The first-order valence-corrected chi connectivity index (χ1v) is 9.25. The van der Waals surface area contributed by atoms with E-state index in [9.17, 15) is 4.79 Å². The van der Waals surface area contributed by atoms with Crippen molar-refractivity contribution in [1.29, 1.82) is 0 Å². The van der Waals surface area contributed by atoms with Crippen molar-refractivity contribution in [3.63, 3.8) is 0 Å². The maximum atomic E-state index is 12.9. The van der Waals surface area contributed by atoms with Crippen molar-refractivity contribution in [3.05, 3.63) is 60.3 Å². The lowest BCUT2D eigenvalue weighted by Gasteiger charge is -2.10. The molecule has 4 rings (SSSR count). The molecule has 0 aliphatic carbocycles. The number of aromatic amines is 1. The molecule has 0 bridgehead atoms. The summed E-state index contributed by atoms with van der Waals surface area (Å²) in [5.74, 6) is 0.783. The Bertz CT molecular complexity index is 1090. The summed E-state index contributed by atoms with van der Waals surface area (Å²) >= 11 is 1.33. The minimum atomic E-state index is -0.341. The standard InChI is InChI=1S/C19H17N5O2S/c1-12(18(25)16-11-20-17-6-4-3-5-15(16)17)27-19-21-22-23-24(19)13-7-9-14(26-2)10-8-13/h3-12,20H,1-2H3. The van der Waals surface area contributed by atoms with Gasteiger partial charge < -0.3 is 9.72 Å². The normalized spacial score (nSPS) is 12.2. The number of carbonyl (C=O) groups excluding carboxylic acids is 1. The van der Waals surface area contributed by atoms with Crippen LogP contribution in [0, 0.1) is 0 Å². The lowest BCUT2D eigenvalue weighted by molar-refractivity contribution is 0.0995. The number of hydrogen-bond acceptors (Lipinski definition) is 6. The van der Waals surface area contributed by atoms with E-state index < -0.39 is 0 Å². The largest absolute Gasteiger partial charge is 0.497 e. The van der Waals surface area contributed by atoms with Gasteiger partial charge in [-0.3, -0.25) is 4.79 Å². The van der Waals surface area contributed by atoms with Crippen molar-refractivity contribution in [1.82, 2.24) is 25.2 Å². The molecule has 0 fully saturated rings. The SMILES string of the molecule is COc1ccc(-n2nnnc2SC(C)C(=O)c2c[nH]c3ccccc23)cc1. The second-order valence-corrected chi connectivity index (χ2v) is 7.25. The van der Waals surface area contributed by atoms with Gasteiger partial charge in [0.1, 0.15) is 5.75 Å². The van der Waals surface area contributed by atoms with Gasteiger partial charge in [-0.25, -0.2) is 0 Å². The molecule has 0 aliphatic rings. The van der Waals surface area contributed by atoms with Crippen LogP contribution in [-0.2, 0) is 0 Å². The number of H-pyrrole nitrogens is 1. The van der Waals surface area contributed by atoms with Crippen molar-refractivity contribution >= 4 is 28.4 Å². The zero-order chi connectivity index (χ0) is 18.8. The van der Waals surface area contributed by atoms with Crippen molar-refractivity contribution in [3.8, 4) is 11.4 Å². The number of fused-ring (bicyclic) bond motifs is 1. The molecular formula is C19H17N5O2S. The van der Waals surface area contributed by atoms with E-state index in [1.807, 2.05) is 55.5 Å². The fourth-order valence-electron chi connectivity index (χ4n) is 2.84. The van der Waals surface area contributed by atoms with E-state index in [2.05, 4.69) is 20.5 Å². The number of thioether (sulfide) groups is 1. The molecule has 1 N–H and O–H groups in total. The van der Waals surface area contributed by atoms with E-state index in [0.29, 0.717) is 10.7 Å². The Labute approximate surface area is 159 Å². The summed E-state index contributed by atoms with van der Waals surface area (Å²) in [6.45, 7) is 1.86. The van der Waals surface area contributed by atoms with Gasteiger partial charge in [-0.1, -0.05) is 30.0 Å². The monoisotopic (exact) mass is 379 g/mol. The molecule has 136 valence electrons. The number of Topliss-reactive ketones (excluding diaryl/α,β-unsaturated/α-hetero) is 1. The van der Waals surface area contributed by atoms with E-state index in [4.69, 9.17) is 4.74 Å². The number of benzene rings is 2. The highest BCUT2D eigenvalue weighted by Gasteiger charge is 2.22. The average molecular weight is 379 g/mol. The van der Waals surface area contributed by atoms with Gasteiger partial charge in [-0.2, -0.15) is 4.68 Å². The van der Waals surface area contributed by atoms with Crippen molar-refractivity contribution in [2.24, 2.45) is 0 Å². The number of nitrogens with zero attached hydrogens (tertiary/aromatic N) is 4. The predicted molar refractivity (Wildman–Crippen MR) is 104 cm³/mol. The first-order chi connectivity index (χ1) is 13.2. The van der Waals surface area contributed by atoms with Crippen LogP contribution in [0.25, 0.3) is 16.6 Å². The number of carbonyl (C=O) groups is 1. The Morgan fingerprint density at radius 1 is 1.19 bits per heavy atom. The van der Waals surface area contributed by atoms with Gasteiger partial charge in [-0.15, -0.1) is 5.10 Å². The lowest BCUT2D eigenvalue weighted by atomic mass is 10.1. The van der Waals surface area contributed by atoms with Gasteiger partial charge in [0.05, 0.1) is 18.0 Å². The summed E-state index contributed by atoms with van der Waals surface area (Å²) in [5, 5.41) is 13.0. The highest BCUT2D eigenvalue weighted by Crippen LogP contribution is 2.28. The summed E-state index contributed by atoms with van der Waals surface area (Å²) in [4.78, 5) is 16.1. The highest BCUT2D eigenvalue weighted by molar-refractivity contribution is 8.00. The maximum absolute atomic E-state index is 12.9. The van der Waals surface area contributed by atoms with Crippen LogP contribution in [-0.4, -0.2) is 43.3 Å². The molecule has 2 aromatic heterocycles. The summed E-state index contributed by atoms with van der Waals surface area (Å²) in [6.07, 6.45) is 1.76. The van der Waals surface area contributed by atoms with E-state index >= 15 is 0 Å². The molecule has 0 radical (unpaired) electrons. The summed E-state index contributed by atoms with van der Waals surface area (Å²) < 4.78 is 6.79. The molecule has 2 aromatic carbocycles. The van der Waals surface area contributed by atoms with Crippen LogP contribution < -0.4 is 4.74 Å². The Balaban J connectivity index is 1.57. The van der Waals surface area contributed by atoms with E-state index in [1.54, 1.807) is 18.0 Å². The van der Waals surface area contributed by atoms with Crippen LogP contribution in [0.2, 0.25) is 0 Å². The van der Waals surface area contributed by atoms with Gasteiger partial charge in [0.2, 0.25) is 5.16 Å². The Morgan fingerprint density at radius 2 is 1.96 bits per heavy atom. The maximum Gasteiger partial charge on any atom is 0.214 e. The van der Waals surface area contributed by atoms with Crippen LogP contribution in [0.3, 0.4) is 0 Å². The minimum absolute atomic E-state index is 0.0294. The van der Waals surface area contributed by atoms with Gasteiger partial charge in [-0.05, 0) is 47.7 Å². The third-order valence-corrected chi connectivity index (χ3v) is 5.30. The zero-order valence-electron chi connectivity index (χ0n) is 14.8. The number of hydrogen-bond donors (Lipinski definition) is 1. The topological polar surface area (TPSA) is 85.7 Å². The number of rotatable bonds is 6. The Hall–Kier alpha value is -3.13. The van der Waals surface area contributed by atoms with Gasteiger partial charge >= 0.3 is 0 Å². The predicted octanol–water partition coefficient (Wildman–Crippen LogP) is 3.52. The number of ketones is 1. The molecule has 1 unspecified atom stereocenters. The summed E-state index contributed by atoms with van der Waals surface area (Å²) in [6, 6.07) is 15.2. The van der Waals surface area contributed by atoms with Crippen LogP contribution in [0.4, 0.5) is 0 Å². The van der Waals surface area contributed by atoms with E-state index in [1.165, 1.54) is 11.8 Å². The van der Waals surface area contributed by atoms with Crippen LogP contribution in [0.1, 0.15) is 17.3 Å². The smallest absolute Gasteiger partial charge is 0.214 e. The van der Waals surface area contributed by atoms with Crippen molar-refractivity contribution < 1.29 is 9.53 Å². The molecular weight excluding hydrogens is 362 g/mol. The Morgan fingerprint density at radius 3 is 2.74 bits per heavy atom. The fourth-order valence-corrected chi connectivity index (χ4v) is 3.72. The first kappa shape index (κ1) is 17.3. The molecule has 7 nitrogen and oxygen atoms in total. The van der Waals surface area contributed by atoms with Crippen LogP contribution in [0.5, 0.6) is 5.75 Å². The molecule has 0 spiro atoms. The molecule has 4 aromatic rings. The number of tetrazole rings is 1. The zero-order valence-corrected chi connectivity index (χ0v) is 15.6. The second-order valence-electron chi connectivity index (χ2n) is 5.94. The van der Waals surface area contributed by atoms with Gasteiger partial charge in [0.25, 0.3) is 0 Å². The molecule has 0 saturated heterocycles. The Kier molecular flexibility index (Phi) is 4.64. The summed E-state index contributed by atoms with van der Waals surface area (Å²) in [7, 11) is 1.62. The second kappa shape index (κ2) is 7.24.